The van der Waals surface area contributed by atoms with Crippen LogP contribution in [0.3, 0.4) is 0 Å². The minimum Gasteiger partial charge on any atom is -0.508 e. The number of carbonyl (C=O) groups excluding carboxylic acids is 1. The first-order valence-corrected chi connectivity index (χ1v) is 7.63. The maximum absolute atomic E-state index is 12.7. The molecule has 0 aliphatic rings. The summed E-state index contributed by atoms with van der Waals surface area (Å²) in [7, 11) is 0. The Morgan fingerprint density at radius 1 is 0.680 bits per heavy atom. The Kier molecular flexibility index (Phi) is 4.07. The lowest BCUT2D eigenvalue weighted by Crippen LogP contribution is -2.43. The van der Waals surface area contributed by atoms with E-state index < -0.39 is 11.3 Å². The highest BCUT2D eigenvalue weighted by molar-refractivity contribution is 5.95. The number of aromatic hydroxyl groups is 3. The average molecular weight is 335 g/mol. The molecule has 5 heteroatoms. The normalized spacial score (nSPS) is 11.2. The van der Waals surface area contributed by atoms with Gasteiger partial charge in [-0.05, 0) is 53.1 Å². The number of carbonyl (C=O) groups is 1. The Morgan fingerprint density at radius 2 is 1.00 bits per heavy atom. The van der Waals surface area contributed by atoms with E-state index in [0.717, 1.165) is 0 Å². The predicted molar refractivity (Wildman–Crippen MR) is 93.4 cm³/mol. The molecule has 0 unspecified atom stereocenters. The Hall–Kier alpha value is -3.47. The van der Waals surface area contributed by atoms with Crippen molar-refractivity contribution in [3.63, 3.8) is 0 Å². The number of phenols is 3. The zero-order chi connectivity index (χ0) is 18.0. The second kappa shape index (κ2) is 6.20. The maximum Gasteiger partial charge on any atom is 0.237 e. The summed E-state index contributed by atoms with van der Waals surface area (Å²) in [6, 6.07) is 18.6. The van der Waals surface area contributed by atoms with Crippen LogP contribution in [0, 0.1) is 0 Å². The van der Waals surface area contributed by atoms with Crippen molar-refractivity contribution in [1.29, 1.82) is 0 Å². The van der Waals surface area contributed by atoms with Gasteiger partial charge in [-0.2, -0.15) is 0 Å². The number of benzene rings is 3. The molecule has 5 nitrogen and oxygen atoms in total. The van der Waals surface area contributed by atoms with Crippen molar-refractivity contribution in [3.8, 4) is 17.2 Å². The van der Waals surface area contributed by atoms with Crippen LogP contribution in [0.5, 0.6) is 17.2 Å². The molecule has 0 saturated heterocycles. The molecule has 126 valence electrons. The lowest BCUT2D eigenvalue weighted by atomic mass is 9.68. The highest BCUT2D eigenvalue weighted by atomic mass is 16.3. The number of hydrogen-bond donors (Lipinski definition) is 4. The lowest BCUT2D eigenvalue weighted by Gasteiger charge is -2.32. The molecule has 1 amide bonds. The van der Waals surface area contributed by atoms with E-state index in [1.807, 2.05) is 0 Å². The first-order valence-electron chi connectivity index (χ1n) is 7.63. The highest BCUT2D eigenvalue weighted by Gasteiger charge is 2.43. The van der Waals surface area contributed by atoms with Crippen LogP contribution in [0.4, 0.5) is 0 Å². The van der Waals surface area contributed by atoms with Gasteiger partial charge in [-0.25, -0.2) is 0 Å². The molecule has 0 aliphatic heterocycles. The number of phenolic OH excluding ortho intramolecular Hbond substituents is 3. The summed E-state index contributed by atoms with van der Waals surface area (Å²) in [6.45, 7) is 0. The van der Waals surface area contributed by atoms with Crippen molar-refractivity contribution in [2.24, 2.45) is 5.73 Å². The Morgan fingerprint density at radius 3 is 1.24 bits per heavy atom. The van der Waals surface area contributed by atoms with E-state index in [1.54, 1.807) is 36.4 Å². The molecule has 0 aliphatic carbocycles. The van der Waals surface area contributed by atoms with Crippen LogP contribution < -0.4 is 5.73 Å². The van der Waals surface area contributed by atoms with E-state index in [1.165, 1.54) is 36.4 Å². The molecule has 25 heavy (non-hydrogen) atoms. The first kappa shape index (κ1) is 16.4. The van der Waals surface area contributed by atoms with Gasteiger partial charge in [0.1, 0.15) is 22.7 Å². The van der Waals surface area contributed by atoms with Crippen molar-refractivity contribution in [3.05, 3.63) is 89.5 Å². The van der Waals surface area contributed by atoms with E-state index >= 15 is 0 Å². The summed E-state index contributed by atoms with van der Waals surface area (Å²) in [4.78, 5) is 12.7. The predicted octanol–water partition coefficient (Wildman–Crippen LogP) is 2.62. The van der Waals surface area contributed by atoms with Crippen LogP contribution in [0.25, 0.3) is 0 Å². The van der Waals surface area contributed by atoms with Crippen LogP contribution in [0.2, 0.25) is 0 Å². The van der Waals surface area contributed by atoms with Gasteiger partial charge < -0.3 is 21.1 Å². The summed E-state index contributed by atoms with van der Waals surface area (Å²) in [5.41, 5.74) is 5.63. The number of nitrogens with two attached hydrogens (primary N) is 1. The molecule has 5 N–H and O–H groups in total. The van der Waals surface area contributed by atoms with Gasteiger partial charge in [0.2, 0.25) is 5.91 Å². The van der Waals surface area contributed by atoms with Gasteiger partial charge in [0.05, 0.1) is 0 Å². The van der Waals surface area contributed by atoms with Crippen molar-refractivity contribution < 1.29 is 20.1 Å². The molecular weight excluding hydrogens is 318 g/mol. The summed E-state index contributed by atoms with van der Waals surface area (Å²) < 4.78 is 0. The molecule has 0 saturated carbocycles. The topological polar surface area (TPSA) is 104 Å². The van der Waals surface area contributed by atoms with Crippen molar-refractivity contribution in [2.45, 2.75) is 5.41 Å². The van der Waals surface area contributed by atoms with Gasteiger partial charge in [-0.3, -0.25) is 4.79 Å². The van der Waals surface area contributed by atoms with Crippen LogP contribution in [0.1, 0.15) is 16.7 Å². The third-order valence-electron chi connectivity index (χ3n) is 4.21. The van der Waals surface area contributed by atoms with E-state index in [2.05, 4.69) is 0 Å². The Labute approximate surface area is 144 Å². The molecule has 3 rings (SSSR count). The number of amides is 1. The highest BCUT2D eigenvalue weighted by Crippen LogP contribution is 2.41. The number of hydrogen-bond acceptors (Lipinski definition) is 4. The fourth-order valence-corrected chi connectivity index (χ4v) is 3.14. The molecule has 0 heterocycles. The number of rotatable bonds is 4. The van der Waals surface area contributed by atoms with Crippen LogP contribution in [-0.2, 0) is 10.2 Å². The molecular formula is C20H17NO4. The minimum absolute atomic E-state index is 0.0246. The molecule has 3 aromatic rings. The zero-order valence-corrected chi connectivity index (χ0v) is 13.3. The zero-order valence-electron chi connectivity index (χ0n) is 13.3. The third-order valence-corrected chi connectivity index (χ3v) is 4.21. The fraction of sp³-hybridized carbons (Fsp3) is 0.0500. The van der Waals surface area contributed by atoms with Gasteiger partial charge in [0, 0.05) is 0 Å². The van der Waals surface area contributed by atoms with E-state index in [0.29, 0.717) is 16.7 Å². The number of primary amides is 1. The quantitative estimate of drug-likeness (QED) is 0.550. The van der Waals surface area contributed by atoms with E-state index in [4.69, 9.17) is 5.73 Å². The summed E-state index contributed by atoms with van der Waals surface area (Å²) in [6.07, 6.45) is 0. The fourth-order valence-electron chi connectivity index (χ4n) is 3.14. The van der Waals surface area contributed by atoms with Crippen molar-refractivity contribution in [1.82, 2.24) is 0 Å². The first-order chi connectivity index (χ1) is 11.9. The van der Waals surface area contributed by atoms with Gasteiger partial charge in [-0.15, -0.1) is 0 Å². The van der Waals surface area contributed by atoms with E-state index in [9.17, 15) is 20.1 Å². The van der Waals surface area contributed by atoms with Gasteiger partial charge >= 0.3 is 0 Å². The van der Waals surface area contributed by atoms with E-state index in [-0.39, 0.29) is 17.2 Å². The van der Waals surface area contributed by atoms with Crippen LogP contribution >= 0.6 is 0 Å². The molecule has 0 spiro atoms. The second-order valence-electron chi connectivity index (χ2n) is 5.77. The lowest BCUT2D eigenvalue weighted by molar-refractivity contribution is -0.120. The standard InChI is InChI=1S/C20H17NO4/c21-19(25)20(13-4-1-7-16(22)10-13,14-5-2-8-17(23)11-14)15-6-3-9-18(24)12-15/h1-12,22-24H,(H2,21,25). The van der Waals surface area contributed by atoms with Gasteiger partial charge in [-0.1, -0.05) is 36.4 Å². The Bertz CT molecular complexity index is 825. The Balaban J connectivity index is 2.43. The van der Waals surface area contributed by atoms with Crippen LogP contribution in [0.15, 0.2) is 72.8 Å². The van der Waals surface area contributed by atoms with Crippen LogP contribution in [-0.4, -0.2) is 21.2 Å². The average Bonchev–Trinajstić information content (AvgIpc) is 2.55. The largest absolute Gasteiger partial charge is 0.508 e. The molecule has 0 bridgehead atoms. The molecule has 0 aromatic heterocycles. The molecule has 0 fully saturated rings. The molecule has 3 aromatic carbocycles. The smallest absolute Gasteiger partial charge is 0.237 e. The summed E-state index contributed by atoms with van der Waals surface area (Å²) in [5, 5.41) is 29.7. The minimum atomic E-state index is -1.49. The third kappa shape index (κ3) is 2.76. The van der Waals surface area contributed by atoms with Gasteiger partial charge in [0.25, 0.3) is 0 Å². The van der Waals surface area contributed by atoms with Crippen molar-refractivity contribution in [2.75, 3.05) is 0 Å². The second-order valence-corrected chi connectivity index (χ2v) is 5.77. The monoisotopic (exact) mass is 335 g/mol. The maximum atomic E-state index is 12.7. The SMILES string of the molecule is NC(=O)C(c1cccc(O)c1)(c1cccc(O)c1)c1cccc(O)c1. The van der Waals surface area contributed by atoms with Crippen molar-refractivity contribution >= 4 is 5.91 Å². The van der Waals surface area contributed by atoms with Gasteiger partial charge in [0.15, 0.2) is 0 Å². The summed E-state index contributed by atoms with van der Waals surface area (Å²) in [5.74, 6) is -0.774. The summed E-state index contributed by atoms with van der Waals surface area (Å²) >= 11 is 0. The molecule has 0 atom stereocenters. The molecule has 0 radical (unpaired) electrons.